The number of anilines is 1. The maximum absolute atomic E-state index is 12.8. The maximum atomic E-state index is 12.8. The van der Waals surface area contributed by atoms with Gasteiger partial charge in [-0.15, -0.1) is 0 Å². The van der Waals surface area contributed by atoms with Crippen LogP contribution in [0.5, 0.6) is 0 Å². The van der Waals surface area contributed by atoms with Crippen LogP contribution in [0, 0.1) is 5.95 Å². The van der Waals surface area contributed by atoms with E-state index in [2.05, 4.69) is 9.97 Å². The summed E-state index contributed by atoms with van der Waals surface area (Å²) in [5, 5.41) is 8.87. The number of hydrogen-bond donors (Lipinski definition) is 1. The minimum absolute atomic E-state index is 0.0577. The van der Waals surface area contributed by atoms with Crippen LogP contribution in [0.15, 0.2) is 12.4 Å². The molecule has 1 N–H and O–H groups in total. The van der Waals surface area contributed by atoms with Gasteiger partial charge in [0.25, 0.3) is 0 Å². The molecule has 0 bridgehead atoms. The van der Waals surface area contributed by atoms with Crippen LogP contribution in [0.4, 0.5) is 10.2 Å². The molecule has 2 rings (SSSR count). The number of aliphatic hydroxyl groups excluding tert-OH is 1. The first-order valence-electron chi connectivity index (χ1n) is 4.66. The lowest BCUT2D eigenvalue weighted by Crippen LogP contribution is -2.29. The topological polar surface area (TPSA) is 49.2 Å². The Balaban J connectivity index is 2.16. The van der Waals surface area contributed by atoms with Gasteiger partial charge in [0.2, 0.25) is 5.95 Å². The van der Waals surface area contributed by atoms with Crippen LogP contribution >= 0.6 is 0 Å². The fourth-order valence-corrected chi connectivity index (χ4v) is 1.46. The van der Waals surface area contributed by atoms with Gasteiger partial charge in [-0.1, -0.05) is 0 Å². The largest absolute Gasteiger partial charge is 0.395 e. The number of nitrogens with zero attached hydrogens (tertiary/aromatic N) is 3. The average Bonchev–Trinajstić information content (AvgIpc) is 2.97. The minimum atomic E-state index is -0.529. The Morgan fingerprint density at radius 1 is 1.50 bits per heavy atom. The van der Waals surface area contributed by atoms with Crippen LogP contribution in [0.3, 0.4) is 0 Å². The zero-order valence-electron chi connectivity index (χ0n) is 7.73. The highest BCUT2D eigenvalue weighted by atomic mass is 19.1. The first kappa shape index (κ1) is 9.33. The van der Waals surface area contributed by atoms with Crippen molar-refractivity contribution in [2.24, 2.45) is 0 Å². The van der Waals surface area contributed by atoms with Crippen molar-refractivity contribution in [2.75, 3.05) is 18.1 Å². The van der Waals surface area contributed by atoms with Gasteiger partial charge in [-0.2, -0.15) is 4.39 Å². The molecule has 4 nitrogen and oxygen atoms in total. The normalized spacial score (nSPS) is 15.6. The zero-order valence-corrected chi connectivity index (χ0v) is 7.73. The van der Waals surface area contributed by atoms with E-state index in [1.807, 2.05) is 4.90 Å². The van der Waals surface area contributed by atoms with Crippen molar-refractivity contribution < 1.29 is 9.50 Å². The second-order valence-electron chi connectivity index (χ2n) is 3.35. The van der Waals surface area contributed by atoms with Crippen LogP contribution in [0.2, 0.25) is 0 Å². The molecule has 1 fully saturated rings. The van der Waals surface area contributed by atoms with Gasteiger partial charge < -0.3 is 10.0 Å². The highest BCUT2D eigenvalue weighted by Gasteiger charge is 2.29. The van der Waals surface area contributed by atoms with Crippen molar-refractivity contribution >= 4 is 5.82 Å². The van der Waals surface area contributed by atoms with Gasteiger partial charge in [0.05, 0.1) is 6.61 Å². The van der Waals surface area contributed by atoms with E-state index in [1.165, 1.54) is 12.4 Å². The highest BCUT2D eigenvalue weighted by Crippen LogP contribution is 2.29. The zero-order chi connectivity index (χ0) is 9.97. The smallest absolute Gasteiger partial charge is 0.218 e. The Labute approximate surface area is 81.4 Å². The molecule has 76 valence electrons. The number of rotatable bonds is 4. The molecule has 1 aliphatic carbocycles. The standard InChI is InChI=1S/C9H12FN3O/c10-8-5-9(12-6-11-8)13(3-4-14)7-1-2-7/h5-7,14H,1-4H2. The van der Waals surface area contributed by atoms with Crippen LogP contribution in [0.1, 0.15) is 12.8 Å². The fourth-order valence-electron chi connectivity index (χ4n) is 1.46. The molecule has 14 heavy (non-hydrogen) atoms. The third-order valence-electron chi connectivity index (χ3n) is 2.24. The van der Waals surface area contributed by atoms with Gasteiger partial charge in [-0.3, -0.25) is 0 Å². The van der Waals surface area contributed by atoms with E-state index in [1.54, 1.807) is 0 Å². The van der Waals surface area contributed by atoms with Crippen LogP contribution in [-0.4, -0.2) is 34.3 Å². The summed E-state index contributed by atoms with van der Waals surface area (Å²) in [6.45, 7) is 0.559. The Hall–Kier alpha value is -1.23. The molecule has 1 aromatic rings. The first-order valence-corrected chi connectivity index (χ1v) is 4.66. The van der Waals surface area contributed by atoms with Crippen LogP contribution in [0.25, 0.3) is 0 Å². The van der Waals surface area contributed by atoms with Crippen molar-refractivity contribution in [1.29, 1.82) is 0 Å². The summed E-state index contributed by atoms with van der Waals surface area (Å²) in [7, 11) is 0. The second-order valence-corrected chi connectivity index (χ2v) is 3.35. The quantitative estimate of drug-likeness (QED) is 0.717. The lowest BCUT2D eigenvalue weighted by atomic mass is 10.4. The summed E-state index contributed by atoms with van der Waals surface area (Å²) in [6.07, 6.45) is 3.38. The van der Waals surface area contributed by atoms with E-state index in [0.29, 0.717) is 18.4 Å². The van der Waals surface area contributed by atoms with Crippen molar-refractivity contribution in [3.63, 3.8) is 0 Å². The summed E-state index contributed by atoms with van der Waals surface area (Å²) in [4.78, 5) is 9.30. The van der Waals surface area contributed by atoms with Gasteiger partial charge in [0, 0.05) is 18.7 Å². The Kier molecular flexibility index (Phi) is 2.58. The Bertz CT molecular complexity index is 317. The minimum Gasteiger partial charge on any atom is -0.395 e. The van der Waals surface area contributed by atoms with Gasteiger partial charge in [-0.05, 0) is 12.8 Å². The molecule has 1 saturated carbocycles. The monoisotopic (exact) mass is 197 g/mol. The van der Waals surface area contributed by atoms with Gasteiger partial charge >= 0.3 is 0 Å². The molecule has 1 aromatic heterocycles. The number of halogens is 1. The number of hydrogen-bond acceptors (Lipinski definition) is 4. The highest BCUT2D eigenvalue weighted by molar-refractivity contribution is 5.40. The molecule has 0 spiro atoms. The van der Waals surface area contributed by atoms with Crippen molar-refractivity contribution in [2.45, 2.75) is 18.9 Å². The summed E-state index contributed by atoms with van der Waals surface area (Å²) in [5.74, 6) is 0.0349. The number of aliphatic hydroxyl groups is 1. The van der Waals surface area contributed by atoms with E-state index >= 15 is 0 Å². The van der Waals surface area contributed by atoms with E-state index < -0.39 is 5.95 Å². The van der Waals surface area contributed by atoms with Crippen LogP contribution < -0.4 is 4.90 Å². The molecule has 0 unspecified atom stereocenters. The Morgan fingerprint density at radius 3 is 2.86 bits per heavy atom. The molecular weight excluding hydrogens is 185 g/mol. The predicted molar refractivity (Wildman–Crippen MR) is 49.4 cm³/mol. The van der Waals surface area contributed by atoms with E-state index in [-0.39, 0.29) is 6.61 Å². The first-order chi connectivity index (χ1) is 6.81. The molecule has 0 aromatic carbocycles. The molecule has 1 heterocycles. The molecule has 0 amide bonds. The molecule has 0 radical (unpaired) electrons. The lowest BCUT2D eigenvalue weighted by molar-refractivity contribution is 0.301. The van der Waals surface area contributed by atoms with Crippen molar-refractivity contribution in [3.8, 4) is 0 Å². The molecule has 0 atom stereocenters. The van der Waals surface area contributed by atoms with Gasteiger partial charge in [0.1, 0.15) is 12.1 Å². The molecule has 5 heteroatoms. The van der Waals surface area contributed by atoms with Crippen LogP contribution in [-0.2, 0) is 0 Å². The summed E-state index contributed by atoms with van der Waals surface area (Å²) in [5.41, 5.74) is 0. The summed E-state index contributed by atoms with van der Waals surface area (Å²) < 4.78 is 12.8. The Morgan fingerprint density at radius 2 is 2.29 bits per heavy atom. The lowest BCUT2D eigenvalue weighted by Gasteiger charge is -2.21. The molecular formula is C9H12FN3O. The van der Waals surface area contributed by atoms with Gasteiger partial charge in [0.15, 0.2) is 0 Å². The SMILES string of the molecule is OCCN(c1cc(F)ncn1)C1CC1. The average molecular weight is 197 g/mol. The maximum Gasteiger partial charge on any atom is 0.218 e. The fraction of sp³-hybridized carbons (Fsp3) is 0.556. The second kappa shape index (κ2) is 3.88. The summed E-state index contributed by atoms with van der Waals surface area (Å²) in [6, 6.07) is 1.71. The summed E-state index contributed by atoms with van der Waals surface area (Å²) >= 11 is 0. The van der Waals surface area contributed by atoms with E-state index in [4.69, 9.17) is 5.11 Å². The number of aromatic nitrogens is 2. The molecule has 0 aliphatic heterocycles. The predicted octanol–water partition coefficient (Wildman–Crippen LogP) is 0.577. The third kappa shape index (κ3) is 1.98. The van der Waals surface area contributed by atoms with Crippen molar-refractivity contribution in [1.82, 2.24) is 9.97 Å². The van der Waals surface area contributed by atoms with E-state index in [0.717, 1.165) is 12.8 Å². The van der Waals surface area contributed by atoms with Gasteiger partial charge in [-0.25, -0.2) is 9.97 Å². The third-order valence-corrected chi connectivity index (χ3v) is 2.24. The van der Waals surface area contributed by atoms with Crippen molar-refractivity contribution in [3.05, 3.63) is 18.3 Å². The molecule has 1 aliphatic rings. The molecule has 0 saturated heterocycles. The van der Waals surface area contributed by atoms with E-state index in [9.17, 15) is 4.39 Å².